The van der Waals surface area contributed by atoms with E-state index in [0.717, 1.165) is 11.3 Å². The van der Waals surface area contributed by atoms with E-state index in [4.69, 9.17) is 4.74 Å². The first-order chi connectivity index (χ1) is 6.54. The van der Waals surface area contributed by atoms with Gasteiger partial charge in [0.05, 0.1) is 11.9 Å². The summed E-state index contributed by atoms with van der Waals surface area (Å²) in [5.74, 6) is 0.800. The molecule has 0 bridgehead atoms. The number of hydrogen-bond acceptors (Lipinski definition) is 2. The van der Waals surface area contributed by atoms with E-state index in [1.807, 2.05) is 26.0 Å². The molecule has 3 heteroatoms. The van der Waals surface area contributed by atoms with Crippen LogP contribution >= 0.6 is 15.9 Å². The average molecular weight is 257 g/mol. The summed E-state index contributed by atoms with van der Waals surface area (Å²) in [4.78, 5) is 11.5. The van der Waals surface area contributed by atoms with Gasteiger partial charge in [0.15, 0.2) is 5.78 Å². The maximum absolute atomic E-state index is 11.7. The van der Waals surface area contributed by atoms with Gasteiger partial charge >= 0.3 is 0 Å². The van der Waals surface area contributed by atoms with Gasteiger partial charge in [0.25, 0.3) is 0 Å². The molecule has 0 radical (unpaired) electrons. The summed E-state index contributed by atoms with van der Waals surface area (Å²) in [5, 5.41) is 0. The third-order valence-electron chi connectivity index (χ3n) is 1.93. The van der Waals surface area contributed by atoms with Crippen LogP contribution in [-0.4, -0.2) is 17.7 Å². The minimum absolute atomic E-state index is 0.0759. The highest BCUT2D eigenvalue weighted by Crippen LogP contribution is 2.19. The van der Waals surface area contributed by atoms with E-state index in [9.17, 15) is 4.79 Å². The molecule has 0 saturated heterocycles. The van der Waals surface area contributed by atoms with Gasteiger partial charge in [-0.15, -0.1) is 0 Å². The monoisotopic (exact) mass is 256 g/mol. The number of ketones is 1. The van der Waals surface area contributed by atoms with Crippen LogP contribution in [-0.2, 0) is 0 Å². The van der Waals surface area contributed by atoms with Crippen LogP contribution in [0, 0.1) is 6.92 Å². The number of hydrogen-bond donors (Lipinski definition) is 0. The highest BCUT2D eigenvalue weighted by molar-refractivity contribution is 9.10. The molecule has 2 nitrogen and oxygen atoms in total. The maximum atomic E-state index is 11.7. The molecule has 0 spiro atoms. The lowest BCUT2D eigenvalue weighted by Gasteiger charge is -2.07. The van der Waals surface area contributed by atoms with Crippen molar-refractivity contribution in [1.29, 1.82) is 0 Å². The maximum Gasteiger partial charge on any atom is 0.176 e. The third kappa shape index (κ3) is 2.58. The number of benzene rings is 1. The zero-order valence-electron chi connectivity index (χ0n) is 8.50. The van der Waals surface area contributed by atoms with Gasteiger partial charge in [-0.25, -0.2) is 0 Å². The quantitative estimate of drug-likeness (QED) is 0.614. The molecule has 0 fully saturated rings. The molecule has 0 aromatic heterocycles. The van der Waals surface area contributed by atoms with Crippen molar-refractivity contribution in [3.05, 3.63) is 29.3 Å². The Balaban J connectivity index is 3.09. The Morgan fingerprint density at radius 1 is 1.43 bits per heavy atom. The molecule has 0 heterocycles. The van der Waals surface area contributed by atoms with Crippen molar-refractivity contribution in [2.75, 3.05) is 7.11 Å². The molecular formula is C11H13BrO2. The third-order valence-corrected chi connectivity index (χ3v) is 2.35. The SMILES string of the molecule is COc1cc(C)cc(C(=O)C(C)Br)c1. The number of halogens is 1. The molecule has 1 unspecified atom stereocenters. The van der Waals surface area contributed by atoms with Gasteiger partial charge in [0.1, 0.15) is 5.75 Å². The van der Waals surface area contributed by atoms with Crippen molar-refractivity contribution in [3.63, 3.8) is 0 Å². The van der Waals surface area contributed by atoms with E-state index in [-0.39, 0.29) is 10.6 Å². The summed E-state index contributed by atoms with van der Waals surface area (Å²) in [6.45, 7) is 3.76. The van der Waals surface area contributed by atoms with Crippen LogP contribution in [0.25, 0.3) is 0 Å². The van der Waals surface area contributed by atoms with Gasteiger partial charge in [-0.05, 0) is 37.6 Å². The fourth-order valence-electron chi connectivity index (χ4n) is 1.24. The lowest BCUT2D eigenvalue weighted by Crippen LogP contribution is -2.10. The van der Waals surface area contributed by atoms with Crippen LogP contribution < -0.4 is 4.74 Å². The molecule has 1 atom stereocenters. The van der Waals surface area contributed by atoms with E-state index in [2.05, 4.69) is 15.9 Å². The second kappa shape index (κ2) is 4.60. The van der Waals surface area contributed by atoms with Gasteiger partial charge < -0.3 is 4.74 Å². The largest absolute Gasteiger partial charge is 0.497 e. The standard InChI is InChI=1S/C11H13BrO2/c1-7-4-9(11(13)8(2)12)6-10(5-7)14-3/h4-6,8H,1-3H3. The first-order valence-corrected chi connectivity index (χ1v) is 5.30. The zero-order valence-corrected chi connectivity index (χ0v) is 10.1. The molecule has 0 aliphatic rings. The fraction of sp³-hybridized carbons (Fsp3) is 0.364. The Bertz CT molecular complexity index is 345. The first kappa shape index (κ1) is 11.2. The first-order valence-electron chi connectivity index (χ1n) is 4.38. The lowest BCUT2D eigenvalue weighted by atomic mass is 10.1. The van der Waals surface area contributed by atoms with Crippen LogP contribution in [0.2, 0.25) is 0 Å². The highest BCUT2D eigenvalue weighted by atomic mass is 79.9. The van der Waals surface area contributed by atoms with Crippen molar-refractivity contribution in [2.45, 2.75) is 18.7 Å². The molecule has 76 valence electrons. The molecule has 1 aromatic carbocycles. The summed E-state index contributed by atoms with van der Waals surface area (Å²) in [7, 11) is 1.60. The number of alkyl halides is 1. The summed E-state index contributed by atoms with van der Waals surface area (Å²) in [5.41, 5.74) is 1.71. The Kier molecular flexibility index (Phi) is 3.69. The molecule has 0 amide bonds. The number of aryl methyl sites for hydroxylation is 1. The van der Waals surface area contributed by atoms with E-state index in [0.29, 0.717) is 5.56 Å². The number of carbonyl (C=O) groups excluding carboxylic acids is 1. The van der Waals surface area contributed by atoms with E-state index >= 15 is 0 Å². The Morgan fingerprint density at radius 2 is 2.07 bits per heavy atom. The van der Waals surface area contributed by atoms with Crippen molar-refractivity contribution in [3.8, 4) is 5.75 Å². The van der Waals surface area contributed by atoms with E-state index < -0.39 is 0 Å². The number of carbonyl (C=O) groups is 1. The Morgan fingerprint density at radius 3 is 2.57 bits per heavy atom. The van der Waals surface area contributed by atoms with Crippen molar-refractivity contribution in [1.82, 2.24) is 0 Å². The molecule has 0 saturated carbocycles. The number of rotatable bonds is 3. The number of Topliss-reactive ketones (excluding diaryl/α,β-unsaturated/α-hetero) is 1. The molecular weight excluding hydrogens is 244 g/mol. The Hall–Kier alpha value is -0.830. The molecule has 0 aliphatic heterocycles. The van der Waals surface area contributed by atoms with Gasteiger partial charge in [-0.1, -0.05) is 15.9 Å². The molecule has 1 rings (SSSR count). The predicted molar refractivity (Wildman–Crippen MR) is 60.5 cm³/mol. The highest BCUT2D eigenvalue weighted by Gasteiger charge is 2.12. The van der Waals surface area contributed by atoms with Gasteiger partial charge in [-0.2, -0.15) is 0 Å². The van der Waals surface area contributed by atoms with Crippen molar-refractivity contribution >= 4 is 21.7 Å². The smallest absolute Gasteiger partial charge is 0.176 e. The minimum atomic E-state index is -0.158. The number of methoxy groups -OCH3 is 1. The van der Waals surface area contributed by atoms with Gasteiger partial charge in [-0.3, -0.25) is 4.79 Å². The normalized spacial score (nSPS) is 12.3. The lowest BCUT2D eigenvalue weighted by molar-refractivity contribution is 0.0995. The minimum Gasteiger partial charge on any atom is -0.497 e. The van der Waals surface area contributed by atoms with Gasteiger partial charge in [0.2, 0.25) is 0 Å². The van der Waals surface area contributed by atoms with Crippen LogP contribution in [0.5, 0.6) is 5.75 Å². The van der Waals surface area contributed by atoms with Gasteiger partial charge in [0, 0.05) is 5.56 Å². The van der Waals surface area contributed by atoms with Crippen LogP contribution in [0.4, 0.5) is 0 Å². The van der Waals surface area contributed by atoms with Crippen molar-refractivity contribution < 1.29 is 9.53 Å². The van der Waals surface area contributed by atoms with Crippen LogP contribution in [0.15, 0.2) is 18.2 Å². The summed E-state index contributed by atoms with van der Waals surface area (Å²) >= 11 is 3.26. The topological polar surface area (TPSA) is 26.3 Å². The number of ether oxygens (including phenoxy) is 1. The van der Waals surface area contributed by atoms with Crippen molar-refractivity contribution in [2.24, 2.45) is 0 Å². The van der Waals surface area contributed by atoms with E-state index in [1.54, 1.807) is 13.2 Å². The second-order valence-corrected chi connectivity index (χ2v) is 4.59. The van der Waals surface area contributed by atoms with Crippen LogP contribution in [0.3, 0.4) is 0 Å². The molecule has 1 aromatic rings. The summed E-state index contributed by atoms with van der Waals surface area (Å²) in [6.07, 6.45) is 0. The Labute approximate surface area is 92.4 Å². The zero-order chi connectivity index (χ0) is 10.7. The summed E-state index contributed by atoms with van der Waals surface area (Å²) < 4.78 is 5.10. The fourth-order valence-corrected chi connectivity index (χ4v) is 1.50. The molecule has 0 aliphatic carbocycles. The van der Waals surface area contributed by atoms with Crippen LogP contribution in [0.1, 0.15) is 22.8 Å². The van der Waals surface area contributed by atoms with E-state index in [1.165, 1.54) is 0 Å². The average Bonchev–Trinajstić information content (AvgIpc) is 2.15. The predicted octanol–water partition coefficient (Wildman–Crippen LogP) is 2.97. The second-order valence-electron chi connectivity index (χ2n) is 3.22. The summed E-state index contributed by atoms with van der Waals surface area (Å²) in [6, 6.07) is 5.52. The molecule has 14 heavy (non-hydrogen) atoms. The molecule has 0 N–H and O–H groups in total.